The zero-order valence-corrected chi connectivity index (χ0v) is 22.9. The number of pyridine rings is 2. The highest BCUT2D eigenvalue weighted by atomic mass is 16.6. The number of carboxylic acid groups (broad SMARTS) is 1. The van der Waals surface area contributed by atoms with Gasteiger partial charge in [0.15, 0.2) is 34.7 Å². The van der Waals surface area contributed by atoms with E-state index in [1.807, 2.05) is 20.8 Å². The largest absolute Gasteiger partial charge is 0.619 e. The van der Waals surface area contributed by atoms with Crippen LogP contribution in [0.1, 0.15) is 53.3 Å². The van der Waals surface area contributed by atoms with Gasteiger partial charge in [0.25, 0.3) is 0 Å². The van der Waals surface area contributed by atoms with E-state index in [9.17, 15) is 19.9 Å². The number of aromatic nitrogens is 4. The lowest BCUT2D eigenvalue weighted by molar-refractivity contribution is -0.604. The summed E-state index contributed by atoms with van der Waals surface area (Å²) in [6.45, 7) is 11.7. The van der Waals surface area contributed by atoms with Crippen LogP contribution in [0.3, 0.4) is 0 Å². The van der Waals surface area contributed by atoms with E-state index in [-0.39, 0.29) is 0 Å². The van der Waals surface area contributed by atoms with Crippen LogP contribution in [0, 0.1) is 5.21 Å². The number of hydrogen-bond acceptors (Lipinski definition) is 9. The summed E-state index contributed by atoms with van der Waals surface area (Å²) in [6.07, 6.45) is 5.39. The number of amides is 2. The lowest BCUT2D eigenvalue weighted by Gasteiger charge is -2.32. The summed E-state index contributed by atoms with van der Waals surface area (Å²) in [5, 5.41) is 22.9. The van der Waals surface area contributed by atoms with Gasteiger partial charge >= 0.3 is 12.2 Å². The Balaban J connectivity index is 0.000000216. The fraction of sp³-hybridized carbons (Fsp3) is 0.462. The van der Waals surface area contributed by atoms with Crippen LogP contribution in [-0.2, 0) is 17.6 Å². The lowest BCUT2D eigenvalue weighted by Crippen LogP contribution is -2.45. The van der Waals surface area contributed by atoms with Crippen molar-refractivity contribution in [3.8, 4) is 0 Å². The zero-order chi connectivity index (χ0) is 28.8. The van der Waals surface area contributed by atoms with Crippen molar-refractivity contribution < 1.29 is 33.0 Å². The maximum Gasteiger partial charge on any atom is 0.407 e. The molecule has 4 rings (SSSR count). The van der Waals surface area contributed by atoms with Gasteiger partial charge in [-0.2, -0.15) is 4.73 Å². The summed E-state index contributed by atoms with van der Waals surface area (Å²) >= 11 is 0. The van der Waals surface area contributed by atoms with E-state index in [2.05, 4.69) is 20.3 Å². The van der Waals surface area contributed by atoms with Crippen LogP contribution in [0.2, 0.25) is 0 Å². The van der Waals surface area contributed by atoms with Crippen molar-refractivity contribution in [2.75, 3.05) is 13.1 Å². The Morgan fingerprint density at radius 2 is 1.69 bits per heavy atom. The number of nitrogens with zero attached hydrogens (tertiary/aromatic N) is 5. The maximum atomic E-state index is 11.4. The number of alkyl carbamates (subject to hydrolysis) is 1. The van der Waals surface area contributed by atoms with Crippen molar-refractivity contribution in [1.29, 1.82) is 0 Å². The van der Waals surface area contributed by atoms with E-state index >= 15 is 0 Å². The molecule has 4 aromatic rings. The highest BCUT2D eigenvalue weighted by molar-refractivity contribution is 5.71. The smallest absolute Gasteiger partial charge is 0.407 e. The van der Waals surface area contributed by atoms with E-state index in [0.717, 1.165) is 0 Å². The Morgan fingerprint density at radius 1 is 1.05 bits per heavy atom. The topological polar surface area (TPSA) is 171 Å². The Hall–Kier alpha value is -4.42. The van der Waals surface area contributed by atoms with Gasteiger partial charge in [-0.3, -0.25) is 4.98 Å². The second-order valence-corrected chi connectivity index (χ2v) is 10.6. The van der Waals surface area contributed by atoms with E-state index in [1.165, 1.54) is 17.3 Å². The zero-order valence-electron chi connectivity index (χ0n) is 22.9. The first-order valence-electron chi connectivity index (χ1n) is 12.4. The van der Waals surface area contributed by atoms with Crippen molar-refractivity contribution in [1.82, 2.24) is 25.2 Å². The second kappa shape index (κ2) is 12.0. The summed E-state index contributed by atoms with van der Waals surface area (Å²) in [5.41, 5.74) is 1.43. The highest BCUT2D eigenvalue weighted by Gasteiger charge is 2.26. The normalized spacial score (nSPS) is 11.6. The number of hydrogen-bond donors (Lipinski definition) is 2. The molecular weight excluding hydrogens is 508 g/mol. The third kappa shape index (κ3) is 8.83. The molecule has 0 aliphatic carbocycles. The molecule has 0 spiro atoms. The van der Waals surface area contributed by atoms with Crippen molar-refractivity contribution in [2.24, 2.45) is 0 Å². The number of nitrogens with one attached hydrogen (secondary N) is 1. The van der Waals surface area contributed by atoms with Gasteiger partial charge in [-0.15, -0.1) is 0 Å². The van der Waals surface area contributed by atoms with Crippen molar-refractivity contribution in [3.63, 3.8) is 0 Å². The third-order valence-electron chi connectivity index (χ3n) is 5.18. The molecule has 0 bridgehead atoms. The lowest BCUT2D eigenvalue weighted by atomic mass is 10.1. The van der Waals surface area contributed by atoms with Gasteiger partial charge < -0.3 is 34.1 Å². The Labute approximate surface area is 225 Å². The van der Waals surface area contributed by atoms with Crippen molar-refractivity contribution in [2.45, 2.75) is 65.5 Å². The van der Waals surface area contributed by atoms with Gasteiger partial charge in [-0.25, -0.2) is 19.6 Å². The molecule has 13 heteroatoms. The molecule has 2 amide bonds. The SMILES string of the molecule is CC(C)(C)N(CCc1nc2cnccc2o1)C(=O)O.CC(C)(C)OC(=O)NCCc1nc2c[n+]([O-])ccc2o1. The number of rotatable bonds is 6. The molecule has 0 aromatic carbocycles. The van der Waals surface area contributed by atoms with Crippen molar-refractivity contribution >= 4 is 34.4 Å². The molecule has 13 nitrogen and oxygen atoms in total. The summed E-state index contributed by atoms with van der Waals surface area (Å²) in [7, 11) is 0. The molecular formula is C26H34N6O7. The third-order valence-corrected chi connectivity index (χ3v) is 5.18. The van der Waals surface area contributed by atoms with Crippen LogP contribution in [0.15, 0.2) is 45.8 Å². The molecule has 4 heterocycles. The molecule has 210 valence electrons. The average Bonchev–Trinajstić information content (AvgIpc) is 3.40. The Bertz CT molecular complexity index is 1380. The summed E-state index contributed by atoms with van der Waals surface area (Å²) in [4.78, 5) is 36.4. The van der Waals surface area contributed by atoms with Crippen LogP contribution >= 0.6 is 0 Å². The van der Waals surface area contributed by atoms with Crippen LogP contribution in [-0.4, -0.2) is 61.4 Å². The summed E-state index contributed by atoms with van der Waals surface area (Å²) < 4.78 is 16.8. The minimum absolute atomic E-state index is 0.346. The summed E-state index contributed by atoms with van der Waals surface area (Å²) in [6, 6.07) is 3.30. The number of carbonyl (C=O) groups is 2. The number of carbonyl (C=O) groups excluding carboxylic acids is 1. The minimum Gasteiger partial charge on any atom is -0.619 e. The predicted molar refractivity (Wildman–Crippen MR) is 141 cm³/mol. The quantitative estimate of drug-likeness (QED) is 0.267. The minimum atomic E-state index is -0.940. The molecule has 0 aliphatic rings. The highest BCUT2D eigenvalue weighted by Crippen LogP contribution is 2.17. The van der Waals surface area contributed by atoms with Crippen molar-refractivity contribution in [3.05, 3.63) is 53.9 Å². The first kappa shape index (κ1) is 29.1. The predicted octanol–water partition coefficient (Wildman–Crippen LogP) is 4.07. The molecule has 0 fully saturated rings. The number of ether oxygens (including phenoxy) is 1. The molecule has 0 atom stereocenters. The molecule has 39 heavy (non-hydrogen) atoms. The molecule has 0 unspecified atom stereocenters. The van der Waals surface area contributed by atoms with Gasteiger partial charge in [0.05, 0.1) is 6.20 Å². The van der Waals surface area contributed by atoms with Gasteiger partial charge in [0.2, 0.25) is 6.20 Å². The molecule has 0 saturated heterocycles. The van der Waals surface area contributed by atoms with Gasteiger partial charge in [-0.1, -0.05) is 0 Å². The molecule has 0 aliphatic heterocycles. The average molecular weight is 543 g/mol. The molecule has 0 radical (unpaired) electrons. The number of fused-ring (bicyclic) bond motifs is 2. The monoisotopic (exact) mass is 542 g/mol. The standard InChI is InChI=1S/C13H17N3O4.C13H17N3O3/c1-13(2,3)20-12(17)14-6-4-11-15-9-8-16(18)7-5-10(9)19-11;1-13(2,3)16(12(17)18)7-5-11-15-9-8-14-6-4-10(9)19-11/h5,7-8H,4,6H2,1-3H3,(H,14,17);4,6,8H,5,7H2,1-3H3,(H,17,18). The van der Waals surface area contributed by atoms with Gasteiger partial charge in [-0.05, 0) is 41.5 Å². The van der Waals surface area contributed by atoms with Gasteiger partial charge in [0.1, 0.15) is 11.1 Å². The fourth-order valence-corrected chi connectivity index (χ4v) is 3.46. The van der Waals surface area contributed by atoms with E-state index in [0.29, 0.717) is 64.6 Å². The van der Waals surface area contributed by atoms with Crippen LogP contribution < -0.4 is 10.0 Å². The fourth-order valence-electron chi connectivity index (χ4n) is 3.46. The number of oxazole rings is 2. The van der Waals surface area contributed by atoms with Crippen LogP contribution in [0.25, 0.3) is 22.2 Å². The molecule has 4 aromatic heterocycles. The van der Waals surface area contributed by atoms with E-state index in [1.54, 1.807) is 45.3 Å². The maximum absolute atomic E-state index is 11.4. The van der Waals surface area contributed by atoms with Gasteiger partial charge in [0, 0.05) is 49.8 Å². The molecule has 0 saturated carbocycles. The first-order chi connectivity index (χ1) is 18.2. The van der Waals surface area contributed by atoms with E-state index < -0.39 is 23.3 Å². The summed E-state index contributed by atoms with van der Waals surface area (Å²) in [5.74, 6) is 0.987. The second-order valence-electron chi connectivity index (χ2n) is 10.6. The molecule has 2 N–H and O–H groups in total. The van der Waals surface area contributed by atoms with E-state index in [4.69, 9.17) is 13.6 Å². The van der Waals surface area contributed by atoms with Crippen LogP contribution in [0.4, 0.5) is 9.59 Å². The Morgan fingerprint density at radius 3 is 2.31 bits per heavy atom. The Kier molecular flexibility index (Phi) is 8.94. The van der Waals surface area contributed by atoms with Crippen LogP contribution in [0.5, 0.6) is 0 Å². The first-order valence-corrected chi connectivity index (χ1v) is 12.4.